The Labute approximate surface area is 256 Å². The van der Waals surface area contributed by atoms with Crippen LogP contribution in [0.2, 0.25) is 0 Å². The minimum Gasteiger partial charge on any atom is -0.239 e. The van der Waals surface area contributed by atoms with Crippen molar-refractivity contribution in [1.82, 2.24) is 18.6 Å². The molecule has 0 saturated heterocycles. The van der Waals surface area contributed by atoms with E-state index >= 15 is 0 Å². The molecule has 3 atom stereocenters. The van der Waals surface area contributed by atoms with Crippen molar-refractivity contribution in [1.29, 1.82) is 0 Å². The zero-order valence-electron chi connectivity index (χ0n) is 24.0. The molecule has 2 aliphatic rings. The summed E-state index contributed by atoms with van der Waals surface area (Å²) in [7, 11) is 0. The van der Waals surface area contributed by atoms with Gasteiger partial charge in [-0.2, -0.15) is 0 Å². The van der Waals surface area contributed by atoms with Crippen LogP contribution in [-0.2, 0) is 0 Å². The number of rotatable bonds is 10. The lowest BCUT2D eigenvalue weighted by Crippen LogP contribution is -2.43. The second-order valence-corrected chi connectivity index (χ2v) is 16.5. The maximum Gasteiger partial charge on any atom is 0.166 e. The first-order valence-electron chi connectivity index (χ1n) is 15.2. The molecule has 3 unspecified atom stereocenters. The predicted molar refractivity (Wildman–Crippen MR) is 176 cm³/mol. The smallest absolute Gasteiger partial charge is 0.166 e. The Balaban J connectivity index is 1.14. The number of aromatic nitrogens is 2. The van der Waals surface area contributed by atoms with Gasteiger partial charge >= 0.3 is 0 Å². The fraction of sp³-hybridized carbons (Fsp3) is 0.562. The SMILES string of the molecule is CC(C)N(Sc1nc2ccccc2s1)C(C)CC1CCCC(N(Sc2nc3ccccc3s2)C2CCCCC2)C1. The Morgan fingerprint density at radius 3 is 1.98 bits per heavy atom. The number of fused-ring (bicyclic) bond motifs is 2. The molecule has 0 N–H and O–H groups in total. The number of hydrogen-bond donors (Lipinski definition) is 0. The second kappa shape index (κ2) is 13.4. The first kappa shape index (κ1) is 28.9. The van der Waals surface area contributed by atoms with E-state index in [0.717, 1.165) is 17.0 Å². The van der Waals surface area contributed by atoms with Crippen molar-refractivity contribution in [2.75, 3.05) is 0 Å². The van der Waals surface area contributed by atoms with Gasteiger partial charge in [-0.15, -0.1) is 22.7 Å². The molecular formula is C32H42N4S4. The number of hydrogen-bond acceptors (Lipinski definition) is 8. The van der Waals surface area contributed by atoms with Crippen molar-refractivity contribution < 1.29 is 0 Å². The van der Waals surface area contributed by atoms with Crippen LogP contribution in [0.4, 0.5) is 0 Å². The third-order valence-electron chi connectivity index (χ3n) is 8.58. The van der Waals surface area contributed by atoms with Gasteiger partial charge in [0.15, 0.2) is 8.68 Å². The van der Waals surface area contributed by atoms with Gasteiger partial charge in [0.25, 0.3) is 0 Å². The molecule has 0 spiro atoms. The minimum absolute atomic E-state index is 0.472. The Kier molecular flexibility index (Phi) is 9.71. The molecule has 2 aliphatic carbocycles. The highest BCUT2D eigenvalue weighted by Crippen LogP contribution is 2.43. The van der Waals surface area contributed by atoms with Crippen LogP contribution in [0, 0.1) is 5.92 Å². The third-order valence-corrected chi connectivity index (χ3v) is 13.5. The molecule has 4 nitrogen and oxygen atoms in total. The molecule has 8 heteroatoms. The van der Waals surface area contributed by atoms with E-state index in [9.17, 15) is 0 Å². The summed E-state index contributed by atoms with van der Waals surface area (Å²) in [4.78, 5) is 9.97. The van der Waals surface area contributed by atoms with E-state index in [-0.39, 0.29) is 0 Å². The quantitative estimate of drug-likeness (QED) is 0.166. The average Bonchev–Trinajstić information content (AvgIpc) is 3.58. The molecule has 0 bridgehead atoms. The largest absolute Gasteiger partial charge is 0.239 e. The first-order chi connectivity index (χ1) is 19.5. The van der Waals surface area contributed by atoms with E-state index in [0.29, 0.717) is 24.2 Å². The molecular weight excluding hydrogens is 569 g/mol. The summed E-state index contributed by atoms with van der Waals surface area (Å²) in [5.74, 6) is 0.771. The summed E-state index contributed by atoms with van der Waals surface area (Å²) >= 11 is 7.55. The fourth-order valence-electron chi connectivity index (χ4n) is 6.74. The maximum absolute atomic E-state index is 5.03. The lowest BCUT2D eigenvalue weighted by molar-refractivity contribution is 0.142. The third kappa shape index (κ3) is 6.90. The van der Waals surface area contributed by atoms with Gasteiger partial charge in [0.1, 0.15) is 0 Å². The van der Waals surface area contributed by atoms with Crippen molar-refractivity contribution in [3.8, 4) is 0 Å². The molecule has 2 saturated carbocycles. The van der Waals surface area contributed by atoms with Gasteiger partial charge in [-0.25, -0.2) is 18.6 Å². The van der Waals surface area contributed by atoms with Crippen LogP contribution in [0.5, 0.6) is 0 Å². The number of para-hydroxylation sites is 2. The predicted octanol–water partition coefficient (Wildman–Crippen LogP) is 10.3. The zero-order valence-corrected chi connectivity index (χ0v) is 27.3. The first-order valence-corrected chi connectivity index (χ1v) is 18.3. The molecule has 0 radical (unpaired) electrons. The molecule has 2 heterocycles. The monoisotopic (exact) mass is 610 g/mol. The highest BCUT2D eigenvalue weighted by molar-refractivity contribution is 7.99. The lowest BCUT2D eigenvalue weighted by atomic mass is 9.81. The number of thiazole rings is 2. The Morgan fingerprint density at radius 2 is 1.35 bits per heavy atom. The van der Waals surface area contributed by atoms with Crippen molar-refractivity contribution in [2.45, 2.75) is 118 Å². The van der Waals surface area contributed by atoms with E-state index in [4.69, 9.17) is 9.97 Å². The topological polar surface area (TPSA) is 32.3 Å². The summed E-state index contributed by atoms with van der Waals surface area (Å²) in [6, 6.07) is 19.5. The second-order valence-electron chi connectivity index (χ2n) is 12.0. The summed E-state index contributed by atoms with van der Waals surface area (Å²) in [5.41, 5.74) is 2.27. The van der Waals surface area contributed by atoms with Crippen LogP contribution in [0.15, 0.2) is 57.2 Å². The molecule has 214 valence electrons. The Hall–Kier alpha value is -1.16. The van der Waals surface area contributed by atoms with Crippen molar-refractivity contribution in [3.05, 3.63) is 48.5 Å². The molecule has 4 aromatic rings. The summed E-state index contributed by atoms with van der Waals surface area (Å²) in [5, 5.41) is 0. The molecule has 0 aliphatic heterocycles. The molecule has 2 fully saturated rings. The van der Waals surface area contributed by atoms with Crippen LogP contribution < -0.4 is 0 Å². The van der Waals surface area contributed by atoms with E-state index < -0.39 is 0 Å². The highest BCUT2D eigenvalue weighted by Gasteiger charge is 2.34. The van der Waals surface area contributed by atoms with Gasteiger partial charge in [0.05, 0.1) is 20.4 Å². The van der Waals surface area contributed by atoms with Crippen LogP contribution in [0.3, 0.4) is 0 Å². The number of benzene rings is 2. The Bertz CT molecular complexity index is 1310. The van der Waals surface area contributed by atoms with Gasteiger partial charge < -0.3 is 0 Å². The van der Waals surface area contributed by atoms with Crippen molar-refractivity contribution >= 4 is 67.0 Å². The highest BCUT2D eigenvalue weighted by atomic mass is 32.2. The fourth-order valence-corrected chi connectivity index (χ4v) is 11.3. The van der Waals surface area contributed by atoms with Crippen LogP contribution in [-0.4, -0.2) is 42.7 Å². The van der Waals surface area contributed by atoms with E-state index in [2.05, 4.69) is 77.9 Å². The molecule has 40 heavy (non-hydrogen) atoms. The van der Waals surface area contributed by atoms with Crippen molar-refractivity contribution in [3.63, 3.8) is 0 Å². The lowest BCUT2D eigenvalue weighted by Gasteiger charge is -2.43. The van der Waals surface area contributed by atoms with Crippen LogP contribution >= 0.6 is 46.6 Å². The zero-order chi connectivity index (χ0) is 27.5. The normalized spacial score (nSPS) is 21.8. The average molecular weight is 611 g/mol. The Morgan fingerprint density at radius 1 is 0.750 bits per heavy atom. The van der Waals surface area contributed by atoms with Gasteiger partial charge in [0.2, 0.25) is 0 Å². The minimum atomic E-state index is 0.472. The molecule has 2 aromatic heterocycles. The van der Waals surface area contributed by atoms with Gasteiger partial charge in [-0.05, 0) is 107 Å². The maximum atomic E-state index is 5.03. The molecule has 2 aromatic carbocycles. The van der Waals surface area contributed by atoms with E-state index in [1.54, 1.807) is 0 Å². The molecule has 0 amide bonds. The van der Waals surface area contributed by atoms with E-state index in [1.165, 1.54) is 82.3 Å². The van der Waals surface area contributed by atoms with Crippen LogP contribution in [0.1, 0.15) is 85.0 Å². The molecule has 6 rings (SSSR count). The van der Waals surface area contributed by atoms with Gasteiger partial charge in [-0.3, -0.25) is 0 Å². The number of nitrogens with zero attached hydrogens (tertiary/aromatic N) is 4. The summed E-state index contributed by atoms with van der Waals surface area (Å²) < 4.78 is 10.4. The standard InChI is InChI=1S/C32H42N4S4/c1-22(2)35(39-31-33-27-16-7-9-18-29(27)37-31)23(3)20-24-12-11-15-26(21-24)36(25-13-5-4-6-14-25)40-32-34-28-17-8-10-19-30(28)38-32/h7-10,16-19,22-26H,4-6,11-15,20-21H2,1-3H3. The van der Waals surface area contributed by atoms with Crippen molar-refractivity contribution in [2.24, 2.45) is 5.92 Å². The summed E-state index contributed by atoms with van der Waals surface area (Å²) in [6.07, 6.45) is 13.5. The summed E-state index contributed by atoms with van der Waals surface area (Å²) in [6.45, 7) is 7.11. The van der Waals surface area contributed by atoms with Gasteiger partial charge in [0, 0.05) is 24.2 Å². The van der Waals surface area contributed by atoms with E-state index in [1.807, 2.05) is 46.6 Å². The van der Waals surface area contributed by atoms with Crippen LogP contribution in [0.25, 0.3) is 20.4 Å². The van der Waals surface area contributed by atoms with Gasteiger partial charge in [-0.1, -0.05) is 56.4 Å².